The number of hydrogen-bond donors (Lipinski definition) is 1. The van der Waals surface area contributed by atoms with E-state index < -0.39 is 0 Å². The van der Waals surface area contributed by atoms with Crippen LogP contribution in [0.1, 0.15) is 17.5 Å². The molecule has 0 amide bonds. The van der Waals surface area contributed by atoms with Crippen LogP contribution in [-0.4, -0.2) is 11.0 Å². The number of aromatic nitrogens is 1. The second-order valence-corrected chi connectivity index (χ2v) is 5.01. The Morgan fingerprint density at radius 2 is 2.16 bits per heavy atom. The molecule has 2 rings (SSSR count). The van der Waals surface area contributed by atoms with Gasteiger partial charge >= 0.3 is 0 Å². The van der Waals surface area contributed by atoms with Crippen molar-refractivity contribution < 1.29 is 4.39 Å². The molecule has 0 spiro atoms. The second-order valence-electron chi connectivity index (χ2n) is 4.60. The lowest BCUT2D eigenvalue weighted by Crippen LogP contribution is -2.23. The maximum absolute atomic E-state index is 13.1. The Morgan fingerprint density at radius 3 is 2.89 bits per heavy atom. The number of hydrogen-bond acceptors (Lipinski definition) is 2. The third kappa shape index (κ3) is 4.30. The summed E-state index contributed by atoms with van der Waals surface area (Å²) >= 11 is 6.03. The number of aryl methyl sites for hydroxylation is 1. The first-order chi connectivity index (χ1) is 9.15. The minimum atomic E-state index is -0.279. The predicted molar refractivity (Wildman–Crippen MR) is 75.6 cm³/mol. The van der Waals surface area contributed by atoms with Crippen LogP contribution in [0.3, 0.4) is 0 Å². The zero-order valence-electron chi connectivity index (χ0n) is 10.5. The van der Waals surface area contributed by atoms with E-state index in [1.165, 1.54) is 12.1 Å². The lowest BCUT2D eigenvalue weighted by molar-refractivity contribution is 0.598. The van der Waals surface area contributed by atoms with Crippen molar-refractivity contribution in [2.45, 2.75) is 25.3 Å². The molecule has 0 radical (unpaired) electrons. The molecule has 0 aliphatic rings. The molecule has 1 atom stereocenters. The van der Waals surface area contributed by atoms with E-state index in [9.17, 15) is 4.39 Å². The molecule has 1 aromatic carbocycles. The minimum Gasteiger partial charge on any atom is -0.327 e. The average Bonchev–Trinajstić information content (AvgIpc) is 2.42. The van der Waals surface area contributed by atoms with Crippen LogP contribution in [0.4, 0.5) is 4.39 Å². The minimum absolute atomic E-state index is 0.0421. The summed E-state index contributed by atoms with van der Waals surface area (Å²) in [5, 5.41) is 0.568. The first-order valence-electron chi connectivity index (χ1n) is 6.23. The van der Waals surface area contributed by atoms with Crippen molar-refractivity contribution in [3.05, 3.63) is 64.7 Å². The zero-order valence-corrected chi connectivity index (χ0v) is 11.3. The van der Waals surface area contributed by atoms with Gasteiger partial charge in [-0.3, -0.25) is 4.98 Å². The van der Waals surface area contributed by atoms with Crippen LogP contribution >= 0.6 is 11.6 Å². The number of rotatable bonds is 5. The summed E-state index contributed by atoms with van der Waals surface area (Å²) in [6, 6.07) is 8.26. The lowest BCUT2D eigenvalue weighted by Gasteiger charge is -2.12. The quantitative estimate of drug-likeness (QED) is 0.911. The van der Waals surface area contributed by atoms with Crippen molar-refractivity contribution >= 4 is 11.6 Å². The molecular weight excluding hydrogens is 263 g/mol. The van der Waals surface area contributed by atoms with Gasteiger partial charge in [-0.2, -0.15) is 0 Å². The fourth-order valence-electron chi connectivity index (χ4n) is 1.98. The van der Waals surface area contributed by atoms with Crippen molar-refractivity contribution in [3.8, 4) is 0 Å². The van der Waals surface area contributed by atoms with Gasteiger partial charge in [-0.05, 0) is 54.7 Å². The smallest absolute Gasteiger partial charge is 0.123 e. The fourth-order valence-corrected chi connectivity index (χ4v) is 2.18. The lowest BCUT2D eigenvalue weighted by atomic mass is 10.0. The monoisotopic (exact) mass is 278 g/mol. The van der Waals surface area contributed by atoms with Crippen molar-refractivity contribution in [1.29, 1.82) is 0 Å². The van der Waals surface area contributed by atoms with E-state index in [1.54, 1.807) is 12.3 Å². The van der Waals surface area contributed by atoms with Crippen molar-refractivity contribution in [3.63, 3.8) is 0 Å². The Hall–Kier alpha value is -1.45. The van der Waals surface area contributed by atoms with Crippen LogP contribution in [0.15, 0.2) is 42.7 Å². The molecule has 0 saturated carbocycles. The maximum Gasteiger partial charge on any atom is 0.123 e. The number of nitrogens with zero attached hydrogens (tertiary/aromatic N) is 1. The van der Waals surface area contributed by atoms with Gasteiger partial charge in [0.15, 0.2) is 0 Å². The molecule has 1 aromatic heterocycles. The number of benzene rings is 1. The number of pyridine rings is 1. The van der Waals surface area contributed by atoms with Crippen molar-refractivity contribution in [2.75, 3.05) is 0 Å². The Morgan fingerprint density at radius 1 is 1.32 bits per heavy atom. The van der Waals surface area contributed by atoms with Gasteiger partial charge < -0.3 is 5.73 Å². The molecule has 19 heavy (non-hydrogen) atoms. The van der Waals surface area contributed by atoms with Crippen LogP contribution in [0, 0.1) is 5.82 Å². The second kappa shape index (κ2) is 6.64. The molecule has 0 aliphatic carbocycles. The molecule has 2 N–H and O–H groups in total. The Bertz CT molecular complexity index is 531. The number of nitrogens with two attached hydrogens (primary N) is 1. The largest absolute Gasteiger partial charge is 0.327 e. The number of halogens is 2. The molecule has 1 heterocycles. The van der Waals surface area contributed by atoms with E-state index in [0.29, 0.717) is 11.4 Å². The molecule has 0 bridgehead atoms. The van der Waals surface area contributed by atoms with Crippen molar-refractivity contribution in [1.82, 2.24) is 4.98 Å². The maximum atomic E-state index is 13.1. The Balaban J connectivity index is 1.90. The van der Waals surface area contributed by atoms with Crippen LogP contribution in [-0.2, 0) is 12.8 Å². The summed E-state index contributed by atoms with van der Waals surface area (Å²) in [7, 11) is 0. The van der Waals surface area contributed by atoms with Gasteiger partial charge in [0, 0.05) is 23.5 Å². The van der Waals surface area contributed by atoms with E-state index >= 15 is 0 Å². The SMILES string of the molecule is NC(CCc1cccnc1)Cc1cc(F)ccc1Cl. The molecular formula is C15H16ClFN2. The van der Waals surface area contributed by atoms with Gasteiger partial charge in [-0.25, -0.2) is 4.39 Å². The highest BCUT2D eigenvalue weighted by Gasteiger charge is 2.09. The summed E-state index contributed by atoms with van der Waals surface area (Å²) in [5.41, 5.74) is 7.99. The van der Waals surface area contributed by atoms with Crippen LogP contribution in [0.25, 0.3) is 0 Å². The van der Waals surface area contributed by atoms with E-state index in [-0.39, 0.29) is 11.9 Å². The topological polar surface area (TPSA) is 38.9 Å². The zero-order chi connectivity index (χ0) is 13.7. The van der Waals surface area contributed by atoms with Crippen LogP contribution < -0.4 is 5.73 Å². The first-order valence-corrected chi connectivity index (χ1v) is 6.61. The summed E-state index contributed by atoms with van der Waals surface area (Å²) in [6.07, 6.45) is 5.84. The normalized spacial score (nSPS) is 12.4. The highest BCUT2D eigenvalue weighted by molar-refractivity contribution is 6.31. The van der Waals surface area contributed by atoms with Crippen molar-refractivity contribution in [2.24, 2.45) is 5.73 Å². The standard InChI is InChI=1S/C15H16ClFN2/c16-15-6-4-13(17)8-12(15)9-14(18)5-3-11-2-1-7-19-10-11/h1-2,4,6-8,10,14H,3,5,9,18H2. The predicted octanol–water partition coefficient (Wildman–Crippen LogP) is 3.38. The summed E-state index contributed by atoms with van der Waals surface area (Å²) in [4.78, 5) is 4.06. The van der Waals surface area contributed by atoms with Gasteiger partial charge in [0.25, 0.3) is 0 Å². The fraction of sp³-hybridized carbons (Fsp3) is 0.267. The molecule has 2 nitrogen and oxygen atoms in total. The first kappa shape index (κ1) is 14.0. The van der Waals surface area contributed by atoms with Gasteiger partial charge in [0.05, 0.1) is 0 Å². The molecule has 1 unspecified atom stereocenters. The Labute approximate surface area is 117 Å². The van der Waals surface area contributed by atoms with E-state index in [2.05, 4.69) is 4.98 Å². The highest BCUT2D eigenvalue weighted by Crippen LogP contribution is 2.19. The van der Waals surface area contributed by atoms with Crippen LogP contribution in [0.5, 0.6) is 0 Å². The molecule has 0 aliphatic heterocycles. The summed E-state index contributed by atoms with van der Waals surface area (Å²) < 4.78 is 13.1. The summed E-state index contributed by atoms with van der Waals surface area (Å²) in [6.45, 7) is 0. The van der Waals surface area contributed by atoms with E-state index in [0.717, 1.165) is 24.0 Å². The Kier molecular flexibility index (Phi) is 4.88. The van der Waals surface area contributed by atoms with Crippen LogP contribution in [0.2, 0.25) is 5.02 Å². The molecule has 0 saturated heterocycles. The molecule has 0 fully saturated rings. The van der Waals surface area contributed by atoms with Gasteiger partial charge in [-0.1, -0.05) is 17.7 Å². The highest BCUT2D eigenvalue weighted by atomic mass is 35.5. The van der Waals surface area contributed by atoms with E-state index in [1.807, 2.05) is 18.3 Å². The third-order valence-corrected chi connectivity index (χ3v) is 3.39. The van der Waals surface area contributed by atoms with Gasteiger partial charge in [0.1, 0.15) is 5.82 Å². The average molecular weight is 279 g/mol. The van der Waals surface area contributed by atoms with E-state index in [4.69, 9.17) is 17.3 Å². The third-order valence-electron chi connectivity index (χ3n) is 3.02. The molecule has 100 valence electrons. The molecule has 2 aromatic rings. The summed E-state index contributed by atoms with van der Waals surface area (Å²) in [5.74, 6) is -0.279. The molecule has 4 heteroatoms. The van der Waals surface area contributed by atoms with Gasteiger partial charge in [-0.15, -0.1) is 0 Å². The van der Waals surface area contributed by atoms with Gasteiger partial charge in [0.2, 0.25) is 0 Å².